The SMILES string of the molecule is CCCCOc1ccc(OCC2CCC3CC(C4CCC(CCC)CC4)CCC3C2)c(F)c1F. The first-order valence-corrected chi connectivity index (χ1v) is 14.3. The number of fused-ring (bicyclic) bond motifs is 1. The average Bonchev–Trinajstić information content (AvgIpc) is 2.86. The van der Waals surface area contributed by atoms with Crippen molar-refractivity contribution in [3.8, 4) is 11.5 Å². The summed E-state index contributed by atoms with van der Waals surface area (Å²) in [7, 11) is 0. The van der Waals surface area contributed by atoms with Gasteiger partial charge in [-0.25, -0.2) is 0 Å². The van der Waals surface area contributed by atoms with Gasteiger partial charge in [0.2, 0.25) is 11.6 Å². The van der Waals surface area contributed by atoms with Crippen LogP contribution in [0.15, 0.2) is 12.1 Å². The zero-order valence-corrected chi connectivity index (χ0v) is 21.5. The minimum Gasteiger partial charge on any atom is -0.490 e. The molecule has 3 aliphatic carbocycles. The number of hydrogen-bond donors (Lipinski definition) is 0. The van der Waals surface area contributed by atoms with Crippen molar-refractivity contribution in [2.75, 3.05) is 13.2 Å². The largest absolute Gasteiger partial charge is 0.490 e. The summed E-state index contributed by atoms with van der Waals surface area (Å²) < 4.78 is 40.0. The first kappa shape index (κ1) is 25.8. The second kappa shape index (κ2) is 12.6. The number of rotatable bonds is 10. The first-order valence-electron chi connectivity index (χ1n) is 14.3. The van der Waals surface area contributed by atoms with Crippen molar-refractivity contribution in [2.45, 2.75) is 104 Å². The zero-order valence-electron chi connectivity index (χ0n) is 21.5. The van der Waals surface area contributed by atoms with E-state index in [1.54, 1.807) is 0 Å². The highest BCUT2D eigenvalue weighted by Gasteiger charge is 2.39. The molecule has 4 unspecified atom stereocenters. The summed E-state index contributed by atoms with van der Waals surface area (Å²) in [5.74, 6) is 3.19. The summed E-state index contributed by atoms with van der Waals surface area (Å²) >= 11 is 0. The van der Waals surface area contributed by atoms with E-state index >= 15 is 0 Å². The topological polar surface area (TPSA) is 18.5 Å². The maximum atomic E-state index is 14.5. The lowest BCUT2D eigenvalue weighted by atomic mass is 9.61. The highest BCUT2D eigenvalue weighted by molar-refractivity contribution is 5.35. The lowest BCUT2D eigenvalue weighted by molar-refractivity contribution is 0.0478. The molecule has 1 aromatic rings. The Balaban J connectivity index is 1.22. The van der Waals surface area contributed by atoms with Gasteiger partial charge in [-0.3, -0.25) is 0 Å². The third-order valence-corrected chi connectivity index (χ3v) is 9.26. The summed E-state index contributed by atoms with van der Waals surface area (Å²) in [6, 6.07) is 3.02. The molecule has 0 heterocycles. The minimum absolute atomic E-state index is 0.0184. The Morgan fingerprint density at radius 2 is 1.24 bits per heavy atom. The van der Waals surface area contributed by atoms with Gasteiger partial charge in [0, 0.05) is 0 Å². The molecule has 0 spiro atoms. The van der Waals surface area contributed by atoms with E-state index in [2.05, 4.69) is 6.92 Å². The number of ether oxygens (including phenoxy) is 2. The van der Waals surface area contributed by atoms with Crippen LogP contribution in [0.5, 0.6) is 11.5 Å². The van der Waals surface area contributed by atoms with E-state index in [4.69, 9.17) is 9.47 Å². The predicted octanol–water partition coefficient (Wildman–Crippen LogP) is 8.96. The van der Waals surface area contributed by atoms with E-state index in [0.717, 1.165) is 48.9 Å². The maximum absolute atomic E-state index is 14.5. The molecule has 0 bridgehead atoms. The van der Waals surface area contributed by atoms with E-state index in [9.17, 15) is 8.78 Å². The number of unbranched alkanes of at least 4 members (excludes halogenated alkanes) is 1. The van der Waals surface area contributed by atoms with Gasteiger partial charge >= 0.3 is 0 Å². The Labute approximate surface area is 206 Å². The molecule has 3 aliphatic rings. The summed E-state index contributed by atoms with van der Waals surface area (Å²) in [6.45, 7) is 5.25. The fourth-order valence-corrected chi connectivity index (χ4v) is 7.23. The fourth-order valence-electron chi connectivity index (χ4n) is 7.23. The van der Waals surface area contributed by atoms with Crippen molar-refractivity contribution in [1.82, 2.24) is 0 Å². The third-order valence-electron chi connectivity index (χ3n) is 9.26. The molecule has 2 nitrogen and oxygen atoms in total. The normalized spacial score (nSPS) is 31.6. The molecule has 4 heteroatoms. The Hall–Kier alpha value is -1.32. The van der Waals surface area contributed by atoms with Crippen molar-refractivity contribution in [2.24, 2.45) is 35.5 Å². The van der Waals surface area contributed by atoms with E-state index < -0.39 is 11.6 Å². The molecule has 0 amide bonds. The third kappa shape index (κ3) is 6.46. The van der Waals surface area contributed by atoms with E-state index in [-0.39, 0.29) is 11.5 Å². The number of halogens is 2. The molecule has 1 aromatic carbocycles. The molecular formula is C30H46F2O2. The van der Waals surface area contributed by atoms with Crippen molar-refractivity contribution >= 4 is 0 Å². The highest BCUT2D eigenvalue weighted by atomic mass is 19.2. The van der Waals surface area contributed by atoms with Gasteiger partial charge in [-0.15, -0.1) is 0 Å². The van der Waals surface area contributed by atoms with E-state index in [0.29, 0.717) is 19.1 Å². The Bertz CT molecular complexity index is 758. The molecular weight excluding hydrogens is 430 g/mol. The molecule has 0 saturated heterocycles. The Morgan fingerprint density at radius 3 is 1.91 bits per heavy atom. The van der Waals surface area contributed by atoms with Crippen molar-refractivity contribution in [1.29, 1.82) is 0 Å². The van der Waals surface area contributed by atoms with E-state index in [1.165, 1.54) is 82.8 Å². The molecule has 4 rings (SSSR count). The quantitative estimate of drug-likeness (QED) is 0.314. The fraction of sp³-hybridized carbons (Fsp3) is 0.800. The standard InChI is InChI=1S/C30H46F2O2/c1-3-5-17-33-27-15-16-28(30(32)29(27)31)34-20-22-9-12-26-19-25(14-13-24(26)18-22)23-10-7-21(6-4-2)8-11-23/h15-16,21-26H,3-14,17-20H2,1-2H3. The van der Waals surface area contributed by atoms with Gasteiger partial charge in [0.25, 0.3) is 0 Å². The van der Waals surface area contributed by atoms with Crippen LogP contribution in [-0.2, 0) is 0 Å². The lowest BCUT2D eigenvalue weighted by Gasteiger charge is -2.45. The van der Waals surface area contributed by atoms with Crippen LogP contribution in [0.1, 0.15) is 104 Å². The number of hydrogen-bond acceptors (Lipinski definition) is 2. The molecule has 3 saturated carbocycles. The van der Waals surface area contributed by atoms with Crippen molar-refractivity contribution < 1.29 is 18.3 Å². The predicted molar refractivity (Wildman–Crippen MR) is 134 cm³/mol. The Morgan fingerprint density at radius 1 is 0.676 bits per heavy atom. The van der Waals surface area contributed by atoms with Crippen molar-refractivity contribution in [3.63, 3.8) is 0 Å². The molecule has 0 radical (unpaired) electrons. The lowest BCUT2D eigenvalue weighted by Crippen LogP contribution is -2.35. The van der Waals surface area contributed by atoms with Crippen molar-refractivity contribution in [3.05, 3.63) is 23.8 Å². The van der Waals surface area contributed by atoms with E-state index in [1.807, 2.05) is 6.92 Å². The van der Waals surface area contributed by atoms with Crippen LogP contribution in [0.3, 0.4) is 0 Å². The molecule has 0 aliphatic heterocycles. The summed E-state index contributed by atoms with van der Waals surface area (Å²) in [5.41, 5.74) is 0. The van der Waals surface area contributed by atoms with Gasteiger partial charge in [0.15, 0.2) is 11.5 Å². The van der Waals surface area contributed by atoms with Crippen LogP contribution in [-0.4, -0.2) is 13.2 Å². The Kier molecular flexibility index (Phi) is 9.53. The molecule has 192 valence electrons. The molecule has 3 fully saturated rings. The zero-order chi connectivity index (χ0) is 23.9. The minimum atomic E-state index is -0.931. The van der Waals surface area contributed by atoms with Gasteiger partial charge in [-0.05, 0) is 105 Å². The smallest absolute Gasteiger partial charge is 0.204 e. The van der Waals surface area contributed by atoms with Crippen LogP contribution in [0.2, 0.25) is 0 Å². The van der Waals surface area contributed by atoms with Crippen LogP contribution in [0, 0.1) is 47.1 Å². The maximum Gasteiger partial charge on any atom is 0.204 e. The summed E-state index contributed by atoms with van der Waals surface area (Å²) in [4.78, 5) is 0. The molecule has 0 N–H and O–H groups in total. The van der Waals surface area contributed by atoms with Crippen LogP contribution < -0.4 is 9.47 Å². The summed E-state index contributed by atoms with van der Waals surface area (Å²) in [5, 5.41) is 0. The van der Waals surface area contributed by atoms with Crippen LogP contribution in [0.25, 0.3) is 0 Å². The molecule has 34 heavy (non-hydrogen) atoms. The molecule has 4 atom stereocenters. The van der Waals surface area contributed by atoms with Crippen LogP contribution in [0.4, 0.5) is 8.78 Å². The second-order valence-corrected chi connectivity index (χ2v) is 11.5. The van der Waals surface area contributed by atoms with Gasteiger partial charge in [-0.2, -0.15) is 8.78 Å². The van der Waals surface area contributed by atoms with Gasteiger partial charge in [-0.1, -0.05) is 46.0 Å². The highest BCUT2D eigenvalue weighted by Crippen LogP contribution is 2.49. The second-order valence-electron chi connectivity index (χ2n) is 11.5. The van der Waals surface area contributed by atoms with Gasteiger partial charge < -0.3 is 9.47 Å². The average molecular weight is 477 g/mol. The number of benzene rings is 1. The monoisotopic (exact) mass is 476 g/mol. The summed E-state index contributed by atoms with van der Waals surface area (Å²) in [6.07, 6.45) is 18.2. The van der Waals surface area contributed by atoms with Crippen LogP contribution >= 0.6 is 0 Å². The molecule has 0 aromatic heterocycles. The first-order chi connectivity index (χ1) is 16.6. The van der Waals surface area contributed by atoms with Gasteiger partial charge in [0.1, 0.15) is 0 Å². The van der Waals surface area contributed by atoms with Gasteiger partial charge in [0.05, 0.1) is 13.2 Å².